The highest BCUT2D eigenvalue weighted by Gasteiger charge is 2.34. The van der Waals surface area contributed by atoms with E-state index >= 15 is 0 Å². The lowest BCUT2D eigenvalue weighted by atomic mass is 9.94. The van der Waals surface area contributed by atoms with Crippen molar-refractivity contribution in [3.63, 3.8) is 0 Å². The Balaban J connectivity index is 1.32. The number of hydrogen-bond acceptors (Lipinski definition) is 6. The Morgan fingerprint density at radius 1 is 0.919 bits per heavy atom. The number of carbonyl (C=O) groups excluding carboxylic acids is 4. The van der Waals surface area contributed by atoms with E-state index in [-0.39, 0.29) is 5.56 Å². The molecule has 9 nitrogen and oxygen atoms in total. The van der Waals surface area contributed by atoms with Gasteiger partial charge in [0.15, 0.2) is 6.10 Å². The maximum Gasteiger partial charge on any atom is 0.338 e. The molecule has 1 N–H and O–H groups in total. The molecule has 0 fully saturated rings. The van der Waals surface area contributed by atoms with Crippen LogP contribution >= 0.6 is 0 Å². The number of aryl methyl sites for hydroxylation is 2. The molecular weight excluding hydrogens is 472 g/mol. The predicted octanol–water partition coefficient (Wildman–Crippen LogP) is 4.17. The number of hydrogen-bond donors (Lipinski definition) is 1. The van der Waals surface area contributed by atoms with Gasteiger partial charge in [0.1, 0.15) is 0 Å². The highest BCUT2D eigenvalue weighted by molar-refractivity contribution is 6.35. The standard InChI is InChI=1S/C28H24N4O5/c1-15-24(16(2)31(4)30-15)29-25(33)17(3)37-28(36)19-11-13-20(14-12-19)32-26(34)21-9-5-7-18-8-6-10-22(23(18)21)27(32)35/h5-14,17H,1-4H3,(H,29,33). The Morgan fingerprint density at radius 3 is 2.05 bits per heavy atom. The number of nitrogens with zero attached hydrogens (tertiary/aromatic N) is 3. The van der Waals surface area contributed by atoms with Gasteiger partial charge >= 0.3 is 5.97 Å². The molecule has 1 unspecified atom stereocenters. The maximum absolute atomic E-state index is 13.2. The van der Waals surface area contributed by atoms with Gasteiger partial charge in [-0.25, -0.2) is 9.69 Å². The van der Waals surface area contributed by atoms with Gasteiger partial charge in [-0.2, -0.15) is 5.10 Å². The molecule has 0 aliphatic carbocycles. The van der Waals surface area contributed by atoms with Crippen LogP contribution < -0.4 is 10.2 Å². The van der Waals surface area contributed by atoms with Gasteiger partial charge < -0.3 is 10.1 Å². The number of rotatable bonds is 5. The molecule has 0 radical (unpaired) electrons. The van der Waals surface area contributed by atoms with Gasteiger partial charge in [-0.3, -0.25) is 19.1 Å². The van der Waals surface area contributed by atoms with Crippen molar-refractivity contribution < 1.29 is 23.9 Å². The van der Waals surface area contributed by atoms with Crippen LogP contribution in [0.1, 0.15) is 49.4 Å². The first-order valence-corrected chi connectivity index (χ1v) is 11.7. The van der Waals surface area contributed by atoms with E-state index < -0.39 is 29.8 Å². The lowest BCUT2D eigenvalue weighted by molar-refractivity contribution is -0.123. The third-order valence-corrected chi connectivity index (χ3v) is 6.54. The Morgan fingerprint density at radius 2 is 1.51 bits per heavy atom. The minimum atomic E-state index is -1.06. The molecule has 0 saturated heterocycles. The first-order chi connectivity index (χ1) is 17.7. The Hall–Kier alpha value is -4.79. The zero-order chi connectivity index (χ0) is 26.4. The summed E-state index contributed by atoms with van der Waals surface area (Å²) < 4.78 is 7.00. The van der Waals surface area contributed by atoms with E-state index in [4.69, 9.17) is 4.74 Å². The Bertz CT molecular complexity index is 1550. The van der Waals surface area contributed by atoms with Crippen LogP contribution in [0.3, 0.4) is 0 Å². The quantitative estimate of drug-likeness (QED) is 0.328. The molecule has 1 aromatic heterocycles. The summed E-state index contributed by atoms with van der Waals surface area (Å²) in [5.41, 5.74) is 3.39. The first-order valence-electron chi connectivity index (χ1n) is 11.7. The molecular formula is C28H24N4O5. The lowest BCUT2D eigenvalue weighted by Crippen LogP contribution is -2.40. The molecule has 37 heavy (non-hydrogen) atoms. The Kier molecular flexibility index (Phi) is 5.83. The molecule has 1 atom stereocenters. The van der Waals surface area contributed by atoms with Crippen molar-refractivity contribution >= 4 is 45.8 Å². The van der Waals surface area contributed by atoms with Gasteiger partial charge in [-0.15, -0.1) is 0 Å². The first kappa shape index (κ1) is 23.9. The van der Waals surface area contributed by atoms with Crippen LogP contribution in [0.2, 0.25) is 0 Å². The number of amides is 3. The summed E-state index contributed by atoms with van der Waals surface area (Å²) in [6.45, 7) is 5.08. The van der Waals surface area contributed by atoms with Crippen molar-refractivity contribution in [2.75, 3.05) is 10.2 Å². The molecule has 186 valence electrons. The van der Waals surface area contributed by atoms with Crippen LogP contribution in [0.4, 0.5) is 11.4 Å². The fraction of sp³-hybridized carbons (Fsp3) is 0.179. The van der Waals surface area contributed by atoms with E-state index in [1.54, 1.807) is 42.9 Å². The van der Waals surface area contributed by atoms with Gasteiger partial charge in [-0.1, -0.05) is 24.3 Å². The van der Waals surface area contributed by atoms with Gasteiger partial charge in [-0.05, 0) is 62.6 Å². The summed E-state index contributed by atoms with van der Waals surface area (Å²) in [6.07, 6.45) is -1.06. The molecule has 3 aromatic carbocycles. The molecule has 9 heteroatoms. The van der Waals surface area contributed by atoms with Crippen LogP contribution in [0.15, 0.2) is 60.7 Å². The van der Waals surface area contributed by atoms with Crippen LogP contribution in [0.5, 0.6) is 0 Å². The van der Waals surface area contributed by atoms with E-state index in [9.17, 15) is 19.2 Å². The number of anilines is 2. The average molecular weight is 497 g/mol. The van der Waals surface area contributed by atoms with Crippen molar-refractivity contribution in [1.29, 1.82) is 0 Å². The second-order valence-corrected chi connectivity index (χ2v) is 8.91. The normalized spacial score (nSPS) is 13.6. The zero-order valence-electron chi connectivity index (χ0n) is 20.7. The summed E-state index contributed by atoms with van der Waals surface area (Å²) in [7, 11) is 1.77. The molecule has 0 spiro atoms. The van der Waals surface area contributed by atoms with Crippen molar-refractivity contribution in [3.8, 4) is 0 Å². The van der Waals surface area contributed by atoms with E-state index in [2.05, 4.69) is 10.4 Å². The fourth-order valence-electron chi connectivity index (χ4n) is 4.47. The maximum atomic E-state index is 13.2. The number of benzene rings is 3. The second kappa shape index (κ2) is 9.02. The fourth-order valence-corrected chi connectivity index (χ4v) is 4.47. The molecule has 5 rings (SSSR count). The van der Waals surface area contributed by atoms with Gasteiger partial charge in [0.2, 0.25) is 0 Å². The third-order valence-electron chi connectivity index (χ3n) is 6.54. The molecule has 2 heterocycles. The average Bonchev–Trinajstić information content (AvgIpc) is 3.13. The van der Waals surface area contributed by atoms with E-state index in [1.165, 1.54) is 31.2 Å². The molecule has 0 bridgehead atoms. The minimum absolute atomic E-state index is 0.177. The van der Waals surface area contributed by atoms with Crippen molar-refractivity contribution in [2.24, 2.45) is 7.05 Å². The molecule has 4 aromatic rings. The highest BCUT2D eigenvalue weighted by Crippen LogP contribution is 2.32. The third kappa shape index (κ3) is 4.04. The van der Waals surface area contributed by atoms with Crippen LogP contribution in [-0.2, 0) is 16.6 Å². The SMILES string of the molecule is Cc1nn(C)c(C)c1NC(=O)C(C)OC(=O)c1ccc(N2C(=O)c3cccc4cccc(c34)C2=O)cc1. The number of nitrogens with one attached hydrogen (secondary N) is 1. The Labute approximate surface area is 212 Å². The van der Waals surface area contributed by atoms with E-state index in [1.807, 2.05) is 19.1 Å². The number of esters is 1. The summed E-state index contributed by atoms with van der Waals surface area (Å²) in [5.74, 6) is -2.06. The van der Waals surface area contributed by atoms with Crippen molar-refractivity contribution in [2.45, 2.75) is 26.9 Å². The van der Waals surface area contributed by atoms with E-state index in [0.29, 0.717) is 33.6 Å². The zero-order valence-corrected chi connectivity index (χ0v) is 20.7. The monoisotopic (exact) mass is 496 g/mol. The molecule has 1 aliphatic heterocycles. The van der Waals surface area contributed by atoms with Crippen LogP contribution in [0.25, 0.3) is 10.8 Å². The van der Waals surface area contributed by atoms with Crippen LogP contribution in [0, 0.1) is 13.8 Å². The smallest absolute Gasteiger partial charge is 0.338 e. The van der Waals surface area contributed by atoms with Gasteiger partial charge in [0, 0.05) is 23.6 Å². The lowest BCUT2D eigenvalue weighted by Gasteiger charge is -2.27. The number of aromatic nitrogens is 2. The summed E-state index contributed by atoms with van der Waals surface area (Å²) in [6, 6.07) is 16.6. The van der Waals surface area contributed by atoms with Crippen molar-refractivity contribution in [3.05, 3.63) is 88.7 Å². The van der Waals surface area contributed by atoms with Gasteiger partial charge in [0.05, 0.1) is 28.3 Å². The van der Waals surface area contributed by atoms with Gasteiger partial charge in [0.25, 0.3) is 17.7 Å². The van der Waals surface area contributed by atoms with Crippen LogP contribution in [-0.4, -0.2) is 39.6 Å². The topological polar surface area (TPSA) is 111 Å². The second-order valence-electron chi connectivity index (χ2n) is 8.91. The predicted molar refractivity (Wildman–Crippen MR) is 138 cm³/mol. The number of ether oxygens (including phenoxy) is 1. The highest BCUT2D eigenvalue weighted by atomic mass is 16.5. The summed E-state index contributed by atoms with van der Waals surface area (Å²) in [4.78, 5) is 52.8. The molecule has 3 amide bonds. The molecule has 0 saturated carbocycles. The van der Waals surface area contributed by atoms with Crippen molar-refractivity contribution in [1.82, 2.24) is 9.78 Å². The number of carbonyl (C=O) groups is 4. The minimum Gasteiger partial charge on any atom is -0.449 e. The molecule has 1 aliphatic rings. The number of imide groups is 1. The summed E-state index contributed by atoms with van der Waals surface area (Å²) in [5, 5.41) is 8.47. The summed E-state index contributed by atoms with van der Waals surface area (Å²) >= 11 is 0. The van der Waals surface area contributed by atoms with E-state index in [0.717, 1.165) is 16.0 Å². The largest absolute Gasteiger partial charge is 0.449 e.